The highest BCUT2D eigenvalue weighted by molar-refractivity contribution is 6.96. The number of nitrogens with zero attached hydrogens (tertiary/aromatic N) is 2. The number of benzene rings is 10. The van der Waals surface area contributed by atoms with Crippen molar-refractivity contribution in [1.82, 2.24) is 4.98 Å². The molecule has 282 valence electrons. The van der Waals surface area contributed by atoms with Crippen LogP contribution in [-0.2, 0) is 0 Å². The summed E-state index contributed by atoms with van der Waals surface area (Å²) in [6.45, 7) is 0. The maximum Gasteiger partial charge on any atom is 0.227 e. The molecule has 0 atom stereocenters. The van der Waals surface area contributed by atoms with Gasteiger partial charge in [-0.1, -0.05) is 162 Å². The molecule has 12 aromatic rings. The number of oxazole rings is 1. The van der Waals surface area contributed by atoms with Gasteiger partial charge in [-0.05, 0) is 92.8 Å². The van der Waals surface area contributed by atoms with Crippen LogP contribution in [0, 0.1) is 0 Å². The topological polar surface area (TPSA) is 42.4 Å². The lowest BCUT2D eigenvalue weighted by atomic mass is 9.99. The molecule has 0 fully saturated rings. The SMILES string of the molecule is c1ccc(-c2nc3ccc4ccc5ccc(N(c6ccccc6[SiH](c6ccccc6)c6ccccc6)c6cccc7oc8cc9ccccc9cc8c67)cc5c4c3o2)cc1. The molecule has 0 unspecified atom stereocenters. The molecule has 0 spiro atoms. The summed E-state index contributed by atoms with van der Waals surface area (Å²) in [6, 6.07) is 76.2. The zero-order chi connectivity index (χ0) is 39.6. The van der Waals surface area contributed by atoms with Crippen molar-refractivity contribution >= 4 is 107 Å². The Hall–Kier alpha value is -7.73. The summed E-state index contributed by atoms with van der Waals surface area (Å²) in [5, 5.41) is 12.9. The second-order valence-corrected chi connectivity index (χ2v) is 18.3. The fraction of sp³-hybridized carbons (Fsp3) is 0. The van der Waals surface area contributed by atoms with E-state index >= 15 is 0 Å². The van der Waals surface area contributed by atoms with Crippen LogP contribution in [0.15, 0.2) is 221 Å². The molecule has 60 heavy (non-hydrogen) atoms. The maximum absolute atomic E-state index is 6.72. The van der Waals surface area contributed by atoms with Crippen LogP contribution >= 0.6 is 0 Å². The first kappa shape index (κ1) is 34.3. The second-order valence-electron chi connectivity index (χ2n) is 15.5. The van der Waals surface area contributed by atoms with Gasteiger partial charge in [-0.15, -0.1) is 0 Å². The Morgan fingerprint density at radius 3 is 1.83 bits per heavy atom. The third-order valence-corrected chi connectivity index (χ3v) is 15.2. The summed E-state index contributed by atoms with van der Waals surface area (Å²) < 4.78 is 13.4. The summed E-state index contributed by atoms with van der Waals surface area (Å²) in [5.41, 5.74) is 7.53. The summed E-state index contributed by atoms with van der Waals surface area (Å²) in [4.78, 5) is 7.45. The Morgan fingerprint density at radius 2 is 1.05 bits per heavy atom. The largest absolute Gasteiger partial charge is 0.456 e. The molecule has 0 bridgehead atoms. The number of furan rings is 1. The van der Waals surface area contributed by atoms with Crippen LogP contribution in [0.4, 0.5) is 17.1 Å². The monoisotopic (exact) mass is 784 g/mol. The smallest absolute Gasteiger partial charge is 0.227 e. The molecule has 2 heterocycles. The van der Waals surface area contributed by atoms with E-state index in [0.717, 1.165) is 82.6 Å². The molecule has 0 aliphatic rings. The number of hydrogen-bond donors (Lipinski definition) is 0. The van der Waals surface area contributed by atoms with Crippen LogP contribution in [-0.4, -0.2) is 13.8 Å². The van der Waals surface area contributed by atoms with E-state index in [1.807, 2.05) is 30.3 Å². The fourth-order valence-corrected chi connectivity index (χ4v) is 12.4. The zero-order valence-corrected chi connectivity index (χ0v) is 33.7. The minimum absolute atomic E-state index is 0.616. The fourth-order valence-electron chi connectivity index (χ4n) is 9.22. The average molecular weight is 785 g/mol. The third kappa shape index (κ3) is 5.63. The van der Waals surface area contributed by atoms with E-state index in [0.29, 0.717) is 5.89 Å². The van der Waals surface area contributed by atoms with Crippen LogP contribution in [0.1, 0.15) is 0 Å². The molecule has 0 radical (unpaired) electrons. The molecular weight excluding hydrogens is 749 g/mol. The predicted molar refractivity (Wildman–Crippen MR) is 253 cm³/mol. The van der Waals surface area contributed by atoms with Gasteiger partial charge in [0, 0.05) is 27.7 Å². The van der Waals surface area contributed by atoms with Crippen LogP contribution in [0.2, 0.25) is 0 Å². The molecule has 12 rings (SSSR count). The minimum atomic E-state index is -2.02. The first-order valence-corrected chi connectivity index (χ1v) is 22.1. The van der Waals surface area contributed by atoms with E-state index < -0.39 is 8.80 Å². The van der Waals surface area contributed by atoms with E-state index in [4.69, 9.17) is 13.8 Å². The minimum Gasteiger partial charge on any atom is -0.456 e. The molecular formula is C55H36N2O2Si. The highest BCUT2D eigenvalue weighted by atomic mass is 28.3. The van der Waals surface area contributed by atoms with Gasteiger partial charge in [-0.2, -0.15) is 0 Å². The van der Waals surface area contributed by atoms with Crippen LogP contribution < -0.4 is 20.5 Å². The van der Waals surface area contributed by atoms with Gasteiger partial charge in [-0.3, -0.25) is 0 Å². The normalized spacial score (nSPS) is 11.8. The van der Waals surface area contributed by atoms with Gasteiger partial charge in [0.05, 0.1) is 11.1 Å². The number of fused-ring (bicyclic) bond motifs is 9. The van der Waals surface area contributed by atoms with Gasteiger partial charge >= 0.3 is 0 Å². The number of para-hydroxylation sites is 1. The van der Waals surface area contributed by atoms with Crippen LogP contribution in [0.5, 0.6) is 0 Å². The molecule has 5 heteroatoms. The molecule has 0 saturated heterocycles. The molecule has 10 aromatic carbocycles. The maximum atomic E-state index is 6.72. The van der Waals surface area contributed by atoms with Crippen LogP contribution in [0.25, 0.3) is 76.8 Å². The van der Waals surface area contributed by atoms with Crippen molar-refractivity contribution in [1.29, 1.82) is 0 Å². The molecule has 4 nitrogen and oxygen atoms in total. The predicted octanol–water partition coefficient (Wildman–Crippen LogP) is 12.6. The number of aromatic nitrogens is 1. The number of rotatable bonds is 7. The molecule has 2 aromatic heterocycles. The van der Waals surface area contributed by atoms with E-state index in [2.05, 4.69) is 187 Å². The third-order valence-electron chi connectivity index (χ3n) is 12.0. The van der Waals surface area contributed by atoms with Crippen molar-refractivity contribution in [2.45, 2.75) is 0 Å². The quantitative estimate of drug-likeness (QED) is 0.0917. The van der Waals surface area contributed by atoms with Crippen molar-refractivity contribution in [3.63, 3.8) is 0 Å². The summed E-state index contributed by atoms with van der Waals surface area (Å²) in [6.07, 6.45) is 0. The van der Waals surface area contributed by atoms with Gasteiger partial charge in [0.25, 0.3) is 0 Å². The number of hydrogen-bond acceptors (Lipinski definition) is 4. The summed E-state index contributed by atoms with van der Waals surface area (Å²) in [5.74, 6) is 0.616. The zero-order valence-electron chi connectivity index (χ0n) is 32.5. The van der Waals surface area contributed by atoms with Crippen molar-refractivity contribution in [3.05, 3.63) is 212 Å². The van der Waals surface area contributed by atoms with Gasteiger partial charge in [0.1, 0.15) is 25.5 Å². The van der Waals surface area contributed by atoms with Gasteiger partial charge in [0.2, 0.25) is 5.89 Å². The van der Waals surface area contributed by atoms with Crippen LogP contribution in [0.3, 0.4) is 0 Å². The first-order valence-electron chi connectivity index (χ1n) is 20.4. The Labute approximate surface area is 347 Å². The Bertz CT molecular complexity index is 3520. The molecule has 0 N–H and O–H groups in total. The summed E-state index contributed by atoms with van der Waals surface area (Å²) >= 11 is 0. The van der Waals surface area contributed by atoms with Gasteiger partial charge in [0.15, 0.2) is 5.58 Å². The van der Waals surface area contributed by atoms with Crippen molar-refractivity contribution in [2.75, 3.05) is 4.90 Å². The molecule has 0 aliphatic carbocycles. The Balaban J connectivity index is 1.16. The van der Waals surface area contributed by atoms with Crippen molar-refractivity contribution in [3.8, 4) is 11.5 Å². The van der Waals surface area contributed by atoms with Gasteiger partial charge in [-0.25, -0.2) is 4.98 Å². The standard InChI is InChI=1S/C55H36N2O2Si/c1-4-15-38(16-5-1)55-56-46-32-30-37-28-27-36-29-31-41(35-44(36)52(37)54(46)59-55)57(48-24-14-25-49-53(48)45-33-39-17-10-11-18-40(39)34-50(45)58-49)47-23-12-13-26-51(47)60(42-19-6-2-7-20-42)43-21-8-3-9-22-43/h1-35,60H. The Kier molecular flexibility index (Phi) is 8.00. The molecule has 0 aliphatic heterocycles. The molecule has 0 amide bonds. The van der Waals surface area contributed by atoms with E-state index in [1.54, 1.807) is 0 Å². The van der Waals surface area contributed by atoms with E-state index in [1.165, 1.54) is 20.9 Å². The number of anilines is 3. The average Bonchev–Trinajstić information content (AvgIpc) is 3.92. The lowest BCUT2D eigenvalue weighted by Crippen LogP contribution is -2.53. The lowest BCUT2D eigenvalue weighted by Gasteiger charge is -2.31. The lowest BCUT2D eigenvalue weighted by molar-refractivity contribution is 0.623. The Morgan fingerprint density at radius 1 is 0.417 bits per heavy atom. The molecule has 0 saturated carbocycles. The van der Waals surface area contributed by atoms with Crippen molar-refractivity contribution in [2.24, 2.45) is 0 Å². The highest BCUT2D eigenvalue weighted by Gasteiger charge is 2.28. The second kappa shape index (κ2) is 14.0. The summed E-state index contributed by atoms with van der Waals surface area (Å²) in [7, 11) is -2.02. The van der Waals surface area contributed by atoms with Gasteiger partial charge < -0.3 is 13.7 Å². The first-order chi connectivity index (χ1) is 29.7. The highest BCUT2D eigenvalue weighted by Crippen LogP contribution is 2.45. The van der Waals surface area contributed by atoms with Crippen molar-refractivity contribution < 1.29 is 8.83 Å². The van der Waals surface area contributed by atoms with E-state index in [9.17, 15) is 0 Å². The van der Waals surface area contributed by atoms with E-state index in [-0.39, 0.29) is 0 Å².